The number of rotatable bonds is 2. The first kappa shape index (κ1) is 29.9. The molecule has 0 aliphatic heterocycles. The van der Waals surface area contributed by atoms with Gasteiger partial charge in [-0.1, -0.05) is 152 Å². The molecule has 0 aromatic heterocycles. The summed E-state index contributed by atoms with van der Waals surface area (Å²) in [5.74, 6) is 0.546. The monoisotopic (exact) mass is 644 g/mol. The highest BCUT2D eigenvalue weighted by molar-refractivity contribution is 6.16. The maximum atomic E-state index is 2.54. The number of benzene rings is 7. The highest BCUT2D eigenvalue weighted by Gasteiger charge is 2.38. The maximum absolute atomic E-state index is 2.54. The Morgan fingerprint density at radius 1 is 0.500 bits per heavy atom. The molecule has 0 heterocycles. The topological polar surface area (TPSA) is 0 Å². The van der Waals surface area contributed by atoms with E-state index in [2.05, 4.69) is 170 Å². The molecule has 1 unspecified atom stereocenters. The molecule has 0 amide bonds. The van der Waals surface area contributed by atoms with E-state index in [0.717, 1.165) is 6.42 Å². The summed E-state index contributed by atoms with van der Waals surface area (Å²) in [4.78, 5) is 0. The predicted molar refractivity (Wildman–Crippen MR) is 214 cm³/mol. The molecule has 10 rings (SSSR count). The second kappa shape index (κ2) is 9.85. The van der Waals surface area contributed by atoms with E-state index in [1.165, 1.54) is 99.1 Å². The zero-order chi connectivity index (χ0) is 34.3. The van der Waals surface area contributed by atoms with Gasteiger partial charge < -0.3 is 0 Å². The summed E-state index contributed by atoms with van der Waals surface area (Å²) in [6, 6.07) is 44.7. The SMILES string of the molecule is CC1(C)c2ccccc2-c2ccc(-c3ccc4c(c3)C(C)(C)c3cc(-c5ccc6ccc7c8c(ccc5c68)CC(C(C)(C)C)C=7)ccc3-4)cc21. The molecule has 0 nitrogen and oxygen atoms in total. The summed E-state index contributed by atoms with van der Waals surface area (Å²) in [5.41, 5.74) is 18.0. The Hall–Kier alpha value is -4.94. The fourth-order valence-electron chi connectivity index (χ4n) is 9.85. The van der Waals surface area contributed by atoms with Crippen LogP contribution in [0.5, 0.6) is 0 Å². The summed E-state index contributed by atoms with van der Waals surface area (Å²) >= 11 is 0. The molecule has 0 saturated heterocycles. The van der Waals surface area contributed by atoms with Gasteiger partial charge in [0.1, 0.15) is 0 Å². The predicted octanol–water partition coefficient (Wildman–Crippen LogP) is 12.7. The Morgan fingerprint density at radius 3 is 1.70 bits per heavy atom. The van der Waals surface area contributed by atoms with Crippen LogP contribution < -0.4 is 5.22 Å². The third kappa shape index (κ3) is 4.00. The van der Waals surface area contributed by atoms with Crippen LogP contribution in [0.2, 0.25) is 0 Å². The fraction of sp³-hybridized carbons (Fsp3) is 0.240. The van der Waals surface area contributed by atoms with Crippen molar-refractivity contribution in [3.8, 4) is 44.5 Å². The fourth-order valence-corrected chi connectivity index (χ4v) is 9.85. The second-order valence-electron chi connectivity index (χ2n) is 17.4. The molecule has 1 atom stereocenters. The number of fused-ring (bicyclic) bond motifs is 6. The van der Waals surface area contributed by atoms with E-state index in [9.17, 15) is 0 Å². The normalized spacial score (nSPS) is 17.7. The second-order valence-corrected chi connectivity index (χ2v) is 17.4. The molecule has 7 aromatic carbocycles. The first-order valence-corrected chi connectivity index (χ1v) is 18.4. The number of hydrogen-bond donors (Lipinski definition) is 0. The molecular weight excluding hydrogens is 601 g/mol. The van der Waals surface area contributed by atoms with E-state index in [-0.39, 0.29) is 16.2 Å². The van der Waals surface area contributed by atoms with Crippen molar-refractivity contribution in [2.45, 2.75) is 65.7 Å². The van der Waals surface area contributed by atoms with Gasteiger partial charge in [0.2, 0.25) is 0 Å². The lowest BCUT2D eigenvalue weighted by atomic mass is 9.73. The van der Waals surface area contributed by atoms with Gasteiger partial charge in [0.15, 0.2) is 0 Å². The molecule has 3 aliphatic carbocycles. The van der Waals surface area contributed by atoms with Crippen molar-refractivity contribution in [3.63, 3.8) is 0 Å². The molecule has 0 N–H and O–H groups in total. The molecule has 3 aliphatic rings. The first-order chi connectivity index (χ1) is 23.9. The minimum absolute atomic E-state index is 0.00610. The van der Waals surface area contributed by atoms with E-state index in [4.69, 9.17) is 0 Å². The van der Waals surface area contributed by atoms with Crippen molar-refractivity contribution < 1.29 is 0 Å². The van der Waals surface area contributed by atoms with Gasteiger partial charge in [0.05, 0.1) is 0 Å². The third-order valence-corrected chi connectivity index (χ3v) is 12.9. The van der Waals surface area contributed by atoms with Crippen LogP contribution in [-0.2, 0) is 17.3 Å². The van der Waals surface area contributed by atoms with Gasteiger partial charge in [-0.05, 0) is 135 Å². The summed E-state index contributed by atoms with van der Waals surface area (Å²) in [6.45, 7) is 16.7. The van der Waals surface area contributed by atoms with E-state index in [1.807, 2.05) is 0 Å². The average Bonchev–Trinajstić information content (AvgIpc) is 3.48. The van der Waals surface area contributed by atoms with E-state index >= 15 is 0 Å². The molecule has 7 aromatic rings. The molecule has 0 bridgehead atoms. The zero-order valence-electron chi connectivity index (χ0n) is 30.3. The highest BCUT2D eigenvalue weighted by atomic mass is 14.4. The lowest BCUT2D eigenvalue weighted by Crippen LogP contribution is -2.26. The third-order valence-electron chi connectivity index (χ3n) is 12.9. The average molecular weight is 645 g/mol. The van der Waals surface area contributed by atoms with Crippen molar-refractivity contribution in [2.24, 2.45) is 11.3 Å². The summed E-state index contributed by atoms with van der Waals surface area (Å²) < 4.78 is 0. The van der Waals surface area contributed by atoms with Crippen molar-refractivity contribution in [2.75, 3.05) is 0 Å². The Labute approximate surface area is 296 Å². The van der Waals surface area contributed by atoms with Crippen molar-refractivity contribution in [1.82, 2.24) is 0 Å². The zero-order valence-corrected chi connectivity index (χ0v) is 30.3. The minimum atomic E-state index is -0.107. The quantitative estimate of drug-likeness (QED) is 0.176. The van der Waals surface area contributed by atoms with Crippen molar-refractivity contribution in [1.29, 1.82) is 0 Å². The molecule has 0 heteroatoms. The largest absolute Gasteiger partial charge is 0.0727 e. The smallest absolute Gasteiger partial charge is 0.0159 e. The summed E-state index contributed by atoms with van der Waals surface area (Å²) in [7, 11) is 0. The van der Waals surface area contributed by atoms with Crippen LogP contribution in [0, 0.1) is 11.3 Å². The lowest BCUT2D eigenvalue weighted by Gasteiger charge is -2.31. The van der Waals surface area contributed by atoms with Crippen LogP contribution in [0.15, 0.2) is 115 Å². The van der Waals surface area contributed by atoms with Crippen LogP contribution in [0.1, 0.15) is 76.3 Å². The van der Waals surface area contributed by atoms with Crippen LogP contribution in [0.25, 0.3) is 72.1 Å². The van der Waals surface area contributed by atoms with Gasteiger partial charge in [-0.25, -0.2) is 0 Å². The lowest BCUT2D eigenvalue weighted by molar-refractivity contribution is 0.306. The van der Waals surface area contributed by atoms with Gasteiger partial charge in [-0.3, -0.25) is 0 Å². The van der Waals surface area contributed by atoms with Crippen LogP contribution in [-0.4, -0.2) is 0 Å². The minimum Gasteiger partial charge on any atom is -0.0727 e. The Bertz CT molecular complexity index is 2650. The first-order valence-electron chi connectivity index (χ1n) is 18.4. The standard InChI is InChI=1S/C50H44/c1-48(2,3)35-24-33-13-12-29-14-19-36(41-23-18-34(25-35)46(33)47(29)41)32-17-22-40-39-21-16-31(27-44(39)50(6,7)45(40)28-32)30-15-20-38-37-10-8-9-11-42(37)49(4,5)43(38)26-30/h8-24,26-28,35H,25H2,1-7H3. The summed E-state index contributed by atoms with van der Waals surface area (Å²) in [6.07, 6.45) is 3.65. The van der Waals surface area contributed by atoms with Crippen LogP contribution in [0.3, 0.4) is 0 Å². The Balaban J connectivity index is 1.06. The van der Waals surface area contributed by atoms with E-state index < -0.39 is 0 Å². The van der Waals surface area contributed by atoms with Gasteiger partial charge in [-0.2, -0.15) is 0 Å². The van der Waals surface area contributed by atoms with Crippen molar-refractivity contribution >= 4 is 27.6 Å². The Morgan fingerprint density at radius 2 is 1.04 bits per heavy atom. The van der Waals surface area contributed by atoms with Gasteiger partial charge in [0, 0.05) is 10.8 Å². The molecule has 0 saturated carbocycles. The van der Waals surface area contributed by atoms with E-state index in [0.29, 0.717) is 5.92 Å². The number of hydrogen-bond acceptors (Lipinski definition) is 0. The van der Waals surface area contributed by atoms with Crippen molar-refractivity contribution in [3.05, 3.63) is 148 Å². The Kier molecular flexibility index (Phi) is 5.90. The summed E-state index contributed by atoms with van der Waals surface area (Å²) in [5, 5.41) is 6.99. The van der Waals surface area contributed by atoms with Gasteiger partial charge in [-0.15, -0.1) is 0 Å². The molecular formula is C50H44. The molecule has 244 valence electrons. The van der Waals surface area contributed by atoms with Gasteiger partial charge in [0.25, 0.3) is 0 Å². The maximum Gasteiger partial charge on any atom is 0.0159 e. The van der Waals surface area contributed by atoms with Crippen LogP contribution >= 0.6 is 0 Å². The molecule has 0 radical (unpaired) electrons. The van der Waals surface area contributed by atoms with Crippen LogP contribution in [0.4, 0.5) is 0 Å². The van der Waals surface area contributed by atoms with E-state index in [1.54, 1.807) is 0 Å². The highest BCUT2D eigenvalue weighted by Crippen LogP contribution is 2.53. The molecule has 0 fully saturated rings. The van der Waals surface area contributed by atoms with Gasteiger partial charge >= 0.3 is 0 Å². The molecule has 50 heavy (non-hydrogen) atoms. The molecule has 0 spiro atoms.